The molecule has 168 valence electrons. The second-order valence-corrected chi connectivity index (χ2v) is 7.80. The van der Waals surface area contributed by atoms with Crippen molar-refractivity contribution in [2.24, 2.45) is 4.99 Å². The monoisotopic (exact) mass is 455 g/mol. The van der Waals surface area contributed by atoms with E-state index in [9.17, 15) is 9.90 Å². The average Bonchev–Trinajstić information content (AvgIpc) is 3.07. The Balaban J connectivity index is 2.09. The van der Waals surface area contributed by atoms with Crippen LogP contribution in [0, 0.1) is 6.92 Å². The first-order valence-corrected chi connectivity index (χ1v) is 10.7. The van der Waals surface area contributed by atoms with E-state index in [2.05, 4.69) is 4.99 Å². The topological polar surface area (TPSA) is 86.6 Å². The van der Waals surface area contributed by atoms with Gasteiger partial charge in [0.05, 0.1) is 38.5 Å². The van der Waals surface area contributed by atoms with Crippen LogP contribution >= 0.6 is 11.8 Å². The van der Waals surface area contributed by atoms with E-state index in [-0.39, 0.29) is 17.9 Å². The first-order chi connectivity index (χ1) is 15.4. The number of rotatable bonds is 7. The number of hydrogen-bond donors (Lipinski definition) is 1. The van der Waals surface area contributed by atoms with Crippen molar-refractivity contribution in [3.63, 3.8) is 0 Å². The molecule has 32 heavy (non-hydrogen) atoms. The van der Waals surface area contributed by atoms with E-state index in [0.717, 1.165) is 5.56 Å². The summed E-state index contributed by atoms with van der Waals surface area (Å²) in [5.41, 5.74) is 2.44. The molecule has 0 bridgehead atoms. The number of esters is 1. The lowest BCUT2D eigenvalue weighted by atomic mass is 10.1. The lowest BCUT2D eigenvalue weighted by Crippen LogP contribution is -2.12. The summed E-state index contributed by atoms with van der Waals surface area (Å²) in [6.07, 6.45) is 1.72. The number of benzene rings is 2. The van der Waals surface area contributed by atoms with Gasteiger partial charge in [-0.05, 0) is 55.3 Å². The maximum absolute atomic E-state index is 12.6. The van der Waals surface area contributed by atoms with Crippen LogP contribution in [0.1, 0.15) is 18.1 Å². The molecule has 0 fully saturated rings. The predicted octanol–water partition coefficient (Wildman–Crippen LogP) is 5.21. The number of nitrogens with zero attached hydrogens (tertiary/aromatic N) is 1. The van der Waals surface area contributed by atoms with Crippen molar-refractivity contribution in [1.82, 2.24) is 0 Å². The van der Waals surface area contributed by atoms with Crippen LogP contribution in [0.3, 0.4) is 0 Å². The Bertz CT molecular complexity index is 1090. The molecule has 8 heteroatoms. The molecule has 0 aromatic heterocycles. The normalized spacial score (nSPS) is 15.9. The van der Waals surface area contributed by atoms with Gasteiger partial charge in [0, 0.05) is 0 Å². The number of carbonyl (C=O) groups is 1. The van der Waals surface area contributed by atoms with Crippen LogP contribution < -0.4 is 14.2 Å². The lowest BCUT2D eigenvalue weighted by molar-refractivity contribution is -0.138. The molecule has 1 aliphatic heterocycles. The van der Waals surface area contributed by atoms with Gasteiger partial charge in [0.2, 0.25) is 5.75 Å². The molecule has 1 aliphatic rings. The van der Waals surface area contributed by atoms with Crippen molar-refractivity contribution in [2.75, 3.05) is 27.9 Å². The van der Waals surface area contributed by atoms with E-state index in [1.807, 2.05) is 31.2 Å². The Kier molecular flexibility index (Phi) is 7.48. The van der Waals surface area contributed by atoms with E-state index in [1.54, 1.807) is 25.1 Å². The van der Waals surface area contributed by atoms with Gasteiger partial charge in [0.15, 0.2) is 11.5 Å². The average molecular weight is 456 g/mol. The van der Waals surface area contributed by atoms with Crippen molar-refractivity contribution in [2.45, 2.75) is 13.8 Å². The van der Waals surface area contributed by atoms with Gasteiger partial charge < -0.3 is 24.1 Å². The van der Waals surface area contributed by atoms with Crippen LogP contribution in [-0.4, -0.2) is 44.1 Å². The molecule has 2 aromatic carbocycles. The predicted molar refractivity (Wildman–Crippen MR) is 126 cm³/mol. The molecule has 0 amide bonds. The molecular formula is C24H25NO6S. The second kappa shape index (κ2) is 10.3. The number of hydrogen-bond acceptors (Lipinski definition) is 8. The van der Waals surface area contributed by atoms with E-state index < -0.39 is 5.97 Å². The van der Waals surface area contributed by atoms with Gasteiger partial charge in [0.1, 0.15) is 16.4 Å². The minimum Gasteiger partial charge on any atom is -0.506 e. The second-order valence-electron chi connectivity index (χ2n) is 6.77. The molecule has 0 aliphatic carbocycles. The lowest BCUT2D eigenvalue weighted by Gasteiger charge is -2.13. The van der Waals surface area contributed by atoms with Crippen LogP contribution in [0.25, 0.3) is 6.08 Å². The van der Waals surface area contributed by atoms with Gasteiger partial charge in [-0.3, -0.25) is 0 Å². The fourth-order valence-electron chi connectivity index (χ4n) is 3.14. The van der Waals surface area contributed by atoms with Gasteiger partial charge in [-0.15, -0.1) is 0 Å². The standard InChI is InChI=1S/C24H25NO6S/c1-6-31-24(27)20-21(26)19(32-23(20)25-16-9-7-8-14(2)10-16)13-15-11-17(28-3)22(30-5)18(12-15)29-4/h7-13,26H,6H2,1-5H3. The first-order valence-electron chi connectivity index (χ1n) is 9.87. The largest absolute Gasteiger partial charge is 0.506 e. The number of aryl methyl sites for hydroxylation is 1. The Morgan fingerprint density at radius 1 is 1.09 bits per heavy atom. The number of aliphatic hydroxyl groups excluding tert-OH is 1. The summed E-state index contributed by atoms with van der Waals surface area (Å²) >= 11 is 1.19. The summed E-state index contributed by atoms with van der Waals surface area (Å²) in [5.74, 6) is 0.601. The summed E-state index contributed by atoms with van der Waals surface area (Å²) < 4.78 is 21.3. The molecule has 1 heterocycles. The highest BCUT2D eigenvalue weighted by molar-refractivity contribution is 8.18. The molecule has 0 saturated carbocycles. The quantitative estimate of drug-likeness (QED) is 0.573. The Labute approximate surface area is 191 Å². The molecule has 0 saturated heterocycles. The highest BCUT2D eigenvalue weighted by Gasteiger charge is 2.33. The Morgan fingerprint density at radius 2 is 1.78 bits per heavy atom. The number of ether oxygens (including phenoxy) is 4. The maximum Gasteiger partial charge on any atom is 0.344 e. The third-order valence-corrected chi connectivity index (χ3v) is 5.61. The molecule has 0 spiro atoms. The van der Waals surface area contributed by atoms with Crippen LogP contribution in [-0.2, 0) is 9.53 Å². The zero-order valence-corrected chi connectivity index (χ0v) is 19.4. The van der Waals surface area contributed by atoms with E-state index in [4.69, 9.17) is 18.9 Å². The van der Waals surface area contributed by atoms with Crippen LogP contribution in [0.5, 0.6) is 17.2 Å². The molecule has 1 N–H and O–H groups in total. The highest BCUT2D eigenvalue weighted by atomic mass is 32.2. The molecule has 0 radical (unpaired) electrons. The summed E-state index contributed by atoms with van der Waals surface area (Å²) in [5, 5.41) is 11.3. The van der Waals surface area contributed by atoms with Gasteiger partial charge in [-0.25, -0.2) is 9.79 Å². The van der Waals surface area contributed by atoms with E-state index in [1.165, 1.54) is 33.1 Å². The van der Waals surface area contributed by atoms with Crippen molar-refractivity contribution in [1.29, 1.82) is 0 Å². The van der Waals surface area contributed by atoms with Gasteiger partial charge in [0.25, 0.3) is 0 Å². The molecule has 2 aromatic rings. The molecular weight excluding hydrogens is 430 g/mol. The highest BCUT2D eigenvalue weighted by Crippen LogP contribution is 2.43. The number of carbonyl (C=O) groups excluding carboxylic acids is 1. The van der Waals surface area contributed by atoms with Crippen LogP contribution in [0.2, 0.25) is 0 Å². The molecule has 7 nitrogen and oxygen atoms in total. The van der Waals surface area contributed by atoms with Gasteiger partial charge >= 0.3 is 5.97 Å². The first kappa shape index (κ1) is 23.3. The van der Waals surface area contributed by atoms with Crippen LogP contribution in [0.4, 0.5) is 5.69 Å². The van der Waals surface area contributed by atoms with E-state index in [0.29, 0.717) is 38.4 Å². The van der Waals surface area contributed by atoms with Crippen molar-refractivity contribution < 1.29 is 28.8 Å². The maximum atomic E-state index is 12.6. The number of aliphatic hydroxyl groups is 1. The van der Waals surface area contributed by atoms with Gasteiger partial charge in [-0.2, -0.15) is 0 Å². The summed E-state index contributed by atoms with van der Waals surface area (Å²) in [4.78, 5) is 17.6. The molecule has 3 rings (SSSR count). The minimum absolute atomic E-state index is 0.0389. The number of aliphatic imine (C=N–C) groups is 1. The SMILES string of the molecule is CCOC(=O)C1=C(O)C(=Cc2cc(OC)c(OC)c(OC)c2)SC1=Nc1cccc(C)c1. The summed E-state index contributed by atoms with van der Waals surface area (Å²) in [6.45, 7) is 3.85. The van der Waals surface area contributed by atoms with Crippen molar-refractivity contribution in [3.05, 3.63) is 63.8 Å². The van der Waals surface area contributed by atoms with Crippen molar-refractivity contribution in [3.8, 4) is 17.2 Å². The van der Waals surface area contributed by atoms with Crippen LogP contribution in [0.15, 0.2) is 57.6 Å². The Hall–Kier alpha value is -3.39. The third-order valence-electron chi connectivity index (χ3n) is 4.59. The molecule has 0 unspecified atom stereocenters. The van der Waals surface area contributed by atoms with Gasteiger partial charge in [-0.1, -0.05) is 23.9 Å². The molecule has 0 atom stereocenters. The number of methoxy groups -OCH3 is 3. The summed E-state index contributed by atoms with van der Waals surface area (Å²) in [7, 11) is 4.59. The van der Waals surface area contributed by atoms with Crippen molar-refractivity contribution >= 4 is 34.5 Å². The smallest absolute Gasteiger partial charge is 0.344 e. The number of thioether (sulfide) groups is 1. The zero-order valence-electron chi connectivity index (χ0n) is 18.6. The zero-order chi connectivity index (χ0) is 23.3. The Morgan fingerprint density at radius 3 is 2.34 bits per heavy atom. The minimum atomic E-state index is -0.628. The third kappa shape index (κ3) is 4.91. The van der Waals surface area contributed by atoms with E-state index >= 15 is 0 Å². The summed E-state index contributed by atoms with van der Waals surface area (Å²) in [6, 6.07) is 11.1. The fraction of sp³-hybridized carbons (Fsp3) is 0.250. The fourth-order valence-corrected chi connectivity index (χ4v) is 4.18.